The fourth-order valence-electron chi connectivity index (χ4n) is 4.94. The van der Waals surface area contributed by atoms with Crippen LogP contribution in [0.4, 0.5) is 11.4 Å². The molecule has 9 heteroatoms. The van der Waals surface area contributed by atoms with E-state index in [1.165, 1.54) is 28.6 Å². The highest BCUT2D eigenvalue weighted by Gasteiger charge is 2.40. The van der Waals surface area contributed by atoms with E-state index < -0.39 is 16.1 Å². The molecule has 2 amide bonds. The zero-order chi connectivity index (χ0) is 24.7. The Labute approximate surface area is 209 Å². The Morgan fingerprint density at radius 3 is 2.63 bits per heavy atom. The Morgan fingerprint density at radius 1 is 1.11 bits per heavy atom. The summed E-state index contributed by atoms with van der Waals surface area (Å²) in [4.78, 5) is 28.2. The number of rotatable bonds is 7. The van der Waals surface area contributed by atoms with Crippen molar-refractivity contribution in [3.05, 3.63) is 65.2 Å². The van der Waals surface area contributed by atoms with Crippen LogP contribution >= 0.6 is 11.6 Å². The SMILES string of the molecule is CCCCN1C(=O)c2cccc3c(NC(=O)C4CCCN4S(=O)(=O)c4ccc(Cl)cc4)ccc1c23. The number of carbonyl (C=O) groups excluding carboxylic acids is 2. The van der Waals surface area contributed by atoms with Crippen molar-refractivity contribution in [2.45, 2.75) is 43.5 Å². The lowest BCUT2D eigenvalue weighted by Crippen LogP contribution is -2.43. The van der Waals surface area contributed by atoms with Crippen LogP contribution in [0.25, 0.3) is 10.8 Å². The number of unbranched alkanes of at least 4 members (excludes halogenated alkanes) is 1. The number of hydrogen-bond acceptors (Lipinski definition) is 4. The molecule has 0 bridgehead atoms. The summed E-state index contributed by atoms with van der Waals surface area (Å²) in [6.07, 6.45) is 2.91. The van der Waals surface area contributed by atoms with Gasteiger partial charge in [-0.1, -0.05) is 37.1 Å². The highest BCUT2D eigenvalue weighted by atomic mass is 35.5. The number of carbonyl (C=O) groups is 2. The quantitative estimate of drug-likeness (QED) is 0.481. The number of nitrogens with one attached hydrogen (secondary N) is 1. The average Bonchev–Trinajstić information content (AvgIpc) is 3.45. The zero-order valence-electron chi connectivity index (χ0n) is 19.3. The summed E-state index contributed by atoms with van der Waals surface area (Å²) in [7, 11) is -3.85. The predicted molar refractivity (Wildman–Crippen MR) is 138 cm³/mol. The third-order valence-electron chi connectivity index (χ3n) is 6.70. The topological polar surface area (TPSA) is 86.8 Å². The molecule has 0 spiro atoms. The van der Waals surface area contributed by atoms with Crippen molar-refractivity contribution in [3.63, 3.8) is 0 Å². The molecule has 0 aliphatic carbocycles. The Hall–Kier alpha value is -2.94. The lowest BCUT2D eigenvalue weighted by atomic mass is 10.0. The van der Waals surface area contributed by atoms with E-state index in [1.807, 2.05) is 24.3 Å². The largest absolute Gasteiger partial charge is 0.324 e. The van der Waals surface area contributed by atoms with Crippen molar-refractivity contribution in [1.82, 2.24) is 4.31 Å². The molecule has 2 aliphatic heterocycles. The summed E-state index contributed by atoms with van der Waals surface area (Å²) in [6.45, 7) is 3.00. The molecule has 3 aromatic carbocycles. The molecule has 182 valence electrons. The fraction of sp³-hybridized carbons (Fsp3) is 0.308. The summed E-state index contributed by atoms with van der Waals surface area (Å²) in [5.41, 5.74) is 2.04. The van der Waals surface area contributed by atoms with Crippen molar-refractivity contribution in [3.8, 4) is 0 Å². The van der Waals surface area contributed by atoms with Gasteiger partial charge in [-0.3, -0.25) is 9.59 Å². The van der Waals surface area contributed by atoms with Gasteiger partial charge in [-0.15, -0.1) is 0 Å². The van der Waals surface area contributed by atoms with Crippen molar-refractivity contribution >= 4 is 55.6 Å². The van der Waals surface area contributed by atoms with Crippen molar-refractivity contribution in [2.24, 2.45) is 0 Å². The summed E-state index contributed by atoms with van der Waals surface area (Å²) in [6, 6.07) is 14.3. The maximum absolute atomic E-state index is 13.3. The first-order valence-electron chi connectivity index (χ1n) is 11.8. The van der Waals surface area contributed by atoms with Crippen LogP contribution in [-0.4, -0.2) is 43.7 Å². The standard InChI is InChI=1S/C26H26ClN3O4S/c1-2-3-15-29-22-14-13-21(19-6-4-7-20(24(19)22)26(29)32)28-25(31)23-8-5-16-30(23)35(33,34)18-11-9-17(27)10-12-18/h4,6-7,9-14,23H,2-3,5,8,15-16H2,1H3,(H,28,31). The number of benzene rings is 3. The maximum atomic E-state index is 13.3. The first kappa shape index (κ1) is 23.8. The minimum absolute atomic E-state index is 0.0291. The molecule has 1 saturated heterocycles. The molecule has 0 saturated carbocycles. The molecule has 1 fully saturated rings. The molecule has 0 aromatic heterocycles. The van der Waals surface area contributed by atoms with Crippen LogP contribution in [0.3, 0.4) is 0 Å². The number of nitrogens with zero attached hydrogens (tertiary/aromatic N) is 2. The van der Waals surface area contributed by atoms with Gasteiger partial charge in [0.2, 0.25) is 15.9 Å². The van der Waals surface area contributed by atoms with Crippen LogP contribution in [0.15, 0.2) is 59.5 Å². The Bertz CT molecular complexity index is 1420. The van der Waals surface area contributed by atoms with Crippen molar-refractivity contribution < 1.29 is 18.0 Å². The number of halogens is 1. The molecular weight excluding hydrogens is 486 g/mol. The molecule has 1 unspecified atom stereocenters. The zero-order valence-corrected chi connectivity index (χ0v) is 20.9. The van der Waals surface area contributed by atoms with E-state index in [2.05, 4.69) is 12.2 Å². The monoisotopic (exact) mass is 511 g/mol. The Kier molecular flexibility index (Phi) is 6.29. The highest BCUT2D eigenvalue weighted by Crippen LogP contribution is 2.41. The molecule has 3 aromatic rings. The number of sulfonamides is 1. The average molecular weight is 512 g/mol. The van der Waals surface area contributed by atoms with E-state index in [4.69, 9.17) is 11.6 Å². The second-order valence-electron chi connectivity index (χ2n) is 8.89. The lowest BCUT2D eigenvalue weighted by molar-refractivity contribution is -0.119. The molecule has 35 heavy (non-hydrogen) atoms. The van der Waals surface area contributed by atoms with Crippen LogP contribution < -0.4 is 10.2 Å². The van der Waals surface area contributed by atoms with Gasteiger partial charge in [0, 0.05) is 40.1 Å². The number of amides is 2. The third-order valence-corrected chi connectivity index (χ3v) is 8.88. The first-order valence-corrected chi connectivity index (χ1v) is 13.6. The van der Waals surface area contributed by atoms with Gasteiger partial charge in [0.15, 0.2) is 0 Å². The number of hydrogen-bond donors (Lipinski definition) is 1. The molecule has 5 rings (SSSR count). The minimum atomic E-state index is -3.85. The van der Waals surface area contributed by atoms with Crippen LogP contribution in [-0.2, 0) is 14.8 Å². The van der Waals surface area contributed by atoms with Gasteiger partial charge in [-0.05, 0) is 61.7 Å². The summed E-state index contributed by atoms with van der Waals surface area (Å²) < 4.78 is 27.7. The van der Waals surface area contributed by atoms with Crippen molar-refractivity contribution in [2.75, 3.05) is 23.3 Å². The lowest BCUT2D eigenvalue weighted by Gasteiger charge is -2.24. The molecule has 2 aliphatic rings. The van der Waals surface area contributed by atoms with Crippen LogP contribution in [0, 0.1) is 0 Å². The van der Waals surface area contributed by atoms with E-state index in [0.717, 1.165) is 29.3 Å². The van der Waals surface area contributed by atoms with Gasteiger partial charge in [-0.25, -0.2) is 8.42 Å². The van der Waals surface area contributed by atoms with E-state index in [9.17, 15) is 18.0 Å². The van der Waals surface area contributed by atoms with E-state index >= 15 is 0 Å². The second-order valence-corrected chi connectivity index (χ2v) is 11.2. The highest BCUT2D eigenvalue weighted by molar-refractivity contribution is 7.89. The second kappa shape index (κ2) is 9.26. The van der Waals surface area contributed by atoms with Gasteiger partial charge < -0.3 is 10.2 Å². The van der Waals surface area contributed by atoms with Gasteiger partial charge in [0.25, 0.3) is 5.91 Å². The molecule has 2 heterocycles. The van der Waals surface area contributed by atoms with Crippen molar-refractivity contribution in [1.29, 1.82) is 0 Å². The normalized spacial score (nSPS) is 17.9. The predicted octanol–water partition coefficient (Wildman–Crippen LogP) is 5.05. The smallest absolute Gasteiger partial charge is 0.258 e. The summed E-state index contributed by atoms with van der Waals surface area (Å²) in [5.74, 6) is -0.411. The van der Waals surface area contributed by atoms with E-state index in [1.54, 1.807) is 11.0 Å². The summed E-state index contributed by atoms with van der Waals surface area (Å²) >= 11 is 5.91. The van der Waals surface area contributed by atoms with Gasteiger partial charge in [-0.2, -0.15) is 4.31 Å². The summed E-state index contributed by atoms with van der Waals surface area (Å²) in [5, 5.41) is 4.98. The van der Waals surface area contributed by atoms with Gasteiger partial charge >= 0.3 is 0 Å². The molecule has 7 nitrogen and oxygen atoms in total. The van der Waals surface area contributed by atoms with Gasteiger partial charge in [0.05, 0.1) is 10.6 Å². The fourth-order valence-corrected chi connectivity index (χ4v) is 6.72. The minimum Gasteiger partial charge on any atom is -0.324 e. The van der Waals surface area contributed by atoms with Crippen LogP contribution in [0.5, 0.6) is 0 Å². The van der Waals surface area contributed by atoms with Gasteiger partial charge in [0.1, 0.15) is 6.04 Å². The maximum Gasteiger partial charge on any atom is 0.258 e. The van der Waals surface area contributed by atoms with Crippen LogP contribution in [0.1, 0.15) is 43.0 Å². The molecule has 1 atom stereocenters. The van der Waals surface area contributed by atoms with Crippen LogP contribution in [0.2, 0.25) is 5.02 Å². The molecular formula is C26H26ClN3O4S. The third kappa shape index (κ3) is 4.09. The number of anilines is 2. The molecule has 1 N–H and O–H groups in total. The van der Waals surface area contributed by atoms with E-state index in [0.29, 0.717) is 35.7 Å². The van der Waals surface area contributed by atoms with E-state index in [-0.39, 0.29) is 23.3 Å². The Balaban J connectivity index is 1.44. The first-order chi connectivity index (χ1) is 16.8. The Morgan fingerprint density at radius 2 is 1.89 bits per heavy atom. The molecule has 0 radical (unpaired) electrons.